The lowest BCUT2D eigenvalue weighted by Gasteiger charge is -2.24. The summed E-state index contributed by atoms with van der Waals surface area (Å²) >= 11 is 38.7. The predicted octanol–water partition coefficient (Wildman–Crippen LogP) is 16.8. The van der Waals surface area contributed by atoms with Gasteiger partial charge in [-0.25, -0.2) is 17.7 Å². The van der Waals surface area contributed by atoms with Crippen molar-refractivity contribution in [2.24, 2.45) is 0 Å². The molecule has 0 aliphatic heterocycles. The fourth-order valence-electron chi connectivity index (χ4n) is 8.89. The molecule has 23 heteroatoms. The van der Waals surface area contributed by atoms with Gasteiger partial charge in [0.05, 0.1) is 67.6 Å². The summed E-state index contributed by atoms with van der Waals surface area (Å²) in [5, 5.41) is -0.504. The second kappa shape index (κ2) is 25.0. The molecule has 0 bridgehead atoms. The van der Waals surface area contributed by atoms with E-state index in [-0.39, 0.29) is 117 Å². The Bertz CT molecular complexity index is 3730. The standard InChI is InChI=1S/C57H45Cl6F3N3O10P/c1-4-19-74-46-16-13-43(64)49-52(46)67(25-37(55(49)70)34-10-7-31(58)22-40(34)61)28-77-80(73,78-29-68-26-38(35-11-8-32(59)23-41(35)62)56(71)50-44(65)14-17-47(53(50)68)75-20-5-2)79-30-69-27-39(36-12-9-33(60)24-42(36)63)57(72)51-45(66)15-18-48(54(51)69)76-21-6-3/h7-18,22-27H,4-6,19-21,28-30H2,1-3H3. The van der Waals surface area contributed by atoms with Crippen molar-refractivity contribution >= 4 is 110 Å². The van der Waals surface area contributed by atoms with Crippen molar-refractivity contribution in [2.75, 3.05) is 19.8 Å². The molecule has 3 aromatic heterocycles. The number of rotatable bonds is 21. The van der Waals surface area contributed by atoms with E-state index in [9.17, 15) is 14.4 Å². The number of fused-ring (bicyclic) bond motifs is 3. The van der Waals surface area contributed by atoms with Gasteiger partial charge in [0.1, 0.15) is 54.9 Å². The third kappa shape index (κ3) is 12.0. The van der Waals surface area contributed by atoms with Crippen LogP contribution < -0.4 is 30.5 Å². The third-order valence-corrected chi connectivity index (χ3v) is 15.5. The molecule has 0 N–H and O–H groups in total. The third-order valence-electron chi connectivity index (χ3n) is 12.5. The molecule has 0 saturated carbocycles. The molecule has 13 nitrogen and oxygen atoms in total. The van der Waals surface area contributed by atoms with Crippen LogP contribution in [-0.4, -0.2) is 33.5 Å². The van der Waals surface area contributed by atoms with Crippen molar-refractivity contribution in [3.63, 3.8) is 0 Å². The highest BCUT2D eigenvalue weighted by Crippen LogP contribution is 2.52. The predicted molar refractivity (Wildman–Crippen MR) is 309 cm³/mol. The lowest BCUT2D eigenvalue weighted by Crippen LogP contribution is -2.19. The van der Waals surface area contributed by atoms with Gasteiger partial charge in [-0.2, -0.15) is 0 Å². The molecule has 0 aliphatic carbocycles. The zero-order chi connectivity index (χ0) is 57.2. The maximum atomic E-state index is 16.2. The fraction of sp³-hybridized carbons (Fsp3) is 0.211. The van der Waals surface area contributed by atoms with Crippen molar-refractivity contribution in [3.05, 3.63) is 188 Å². The zero-order valence-corrected chi connectivity index (χ0v) is 48.0. The Hall–Kier alpha value is -6.01. The summed E-state index contributed by atoms with van der Waals surface area (Å²) in [5.41, 5.74) is -2.69. The van der Waals surface area contributed by atoms with Crippen molar-refractivity contribution in [2.45, 2.75) is 60.2 Å². The van der Waals surface area contributed by atoms with E-state index in [1.807, 2.05) is 20.8 Å². The van der Waals surface area contributed by atoms with Crippen LogP contribution in [0, 0.1) is 17.5 Å². The number of pyridine rings is 3. The number of hydrogen-bond acceptors (Lipinski definition) is 10. The Morgan fingerprint density at radius 1 is 0.412 bits per heavy atom. The Kier molecular flexibility index (Phi) is 18.3. The van der Waals surface area contributed by atoms with E-state index < -0.39 is 77.9 Å². The van der Waals surface area contributed by atoms with Gasteiger partial charge in [-0.1, -0.05) is 109 Å². The number of phosphoric acid groups is 1. The van der Waals surface area contributed by atoms with Gasteiger partial charge in [0, 0.05) is 67.0 Å². The first-order valence-corrected chi connectivity index (χ1v) is 28.4. The average molecular weight is 1230 g/mol. The minimum Gasteiger partial charge on any atom is -0.491 e. The highest BCUT2D eigenvalue weighted by molar-refractivity contribution is 7.48. The van der Waals surface area contributed by atoms with Gasteiger partial charge >= 0.3 is 7.82 Å². The largest absolute Gasteiger partial charge is 0.491 e. The molecular weight excluding hydrogens is 1190 g/mol. The first-order chi connectivity index (χ1) is 38.4. The highest BCUT2D eigenvalue weighted by atomic mass is 35.5. The molecule has 0 amide bonds. The molecule has 0 radical (unpaired) electrons. The van der Waals surface area contributed by atoms with E-state index in [1.54, 1.807) is 0 Å². The molecule has 6 aromatic carbocycles. The van der Waals surface area contributed by atoms with Gasteiger partial charge in [-0.3, -0.25) is 28.0 Å². The second-order valence-corrected chi connectivity index (χ2v) is 22.2. The number of benzene rings is 6. The van der Waals surface area contributed by atoms with Crippen molar-refractivity contribution in [1.82, 2.24) is 13.7 Å². The molecule has 80 heavy (non-hydrogen) atoms. The van der Waals surface area contributed by atoms with Crippen LogP contribution in [0.3, 0.4) is 0 Å². The van der Waals surface area contributed by atoms with Crippen LogP contribution in [0.5, 0.6) is 17.2 Å². The summed E-state index contributed by atoms with van der Waals surface area (Å²) in [6.07, 6.45) is 5.40. The number of nitrogens with zero attached hydrogens (tertiary/aromatic N) is 3. The normalized spacial score (nSPS) is 11.8. The number of aromatic nitrogens is 3. The number of hydrogen-bond donors (Lipinski definition) is 0. The summed E-state index contributed by atoms with van der Waals surface area (Å²) < 4.78 is 105. The van der Waals surface area contributed by atoms with Crippen molar-refractivity contribution in [3.8, 4) is 50.6 Å². The molecule has 0 unspecified atom stereocenters. The topological polar surface area (TPSA) is 138 Å². The van der Waals surface area contributed by atoms with Crippen LogP contribution in [0.4, 0.5) is 13.2 Å². The van der Waals surface area contributed by atoms with E-state index in [1.165, 1.54) is 105 Å². The van der Waals surface area contributed by atoms with Crippen LogP contribution in [0.1, 0.15) is 40.0 Å². The van der Waals surface area contributed by atoms with Crippen LogP contribution in [0.2, 0.25) is 30.1 Å². The SMILES string of the molecule is CCCOc1ccc(F)c2c(=O)c(-c3ccc(Cl)cc3Cl)cn(COP(=O)(OCn3cc(-c4ccc(Cl)cc4Cl)c(=O)c4c(F)ccc(OCCC)c43)OCn3cc(-c4ccc(Cl)cc4Cl)c(=O)c4c(F)ccc(OCCC)c43)c12. The molecular formula is C57H45Cl6F3N3O10P. The first kappa shape index (κ1) is 58.6. The summed E-state index contributed by atoms with van der Waals surface area (Å²) in [5.74, 6) is -2.72. The quantitative estimate of drug-likeness (QED) is 0.0639. The zero-order valence-electron chi connectivity index (χ0n) is 42.5. The van der Waals surface area contributed by atoms with E-state index in [0.29, 0.717) is 19.3 Å². The van der Waals surface area contributed by atoms with Crippen LogP contribution in [0.15, 0.2) is 124 Å². The van der Waals surface area contributed by atoms with Gasteiger partial charge in [-0.15, -0.1) is 0 Å². The van der Waals surface area contributed by atoms with Gasteiger partial charge in [-0.05, 0) is 92.1 Å². The molecule has 0 saturated heterocycles. The van der Waals surface area contributed by atoms with Gasteiger partial charge < -0.3 is 27.9 Å². The fourth-order valence-corrected chi connectivity index (χ4v) is 11.4. The molecule has 0 atom stereocenters. The molecule has 3 heterocycles. The molecule has 0 fully saturated rings. The Labute approximate surface area is 484 Å². The molecule has 416 valence electrons. The van der Waals surface area contributed by atoms with Crippen LogP contribution in [0.25, 0.3) is 66.1 Å². The molecule has 9 aromatic rings. The molecule has 9 rings (SSSR count). The number of phosphoric ester groups is 1. The number of ether oxygens (including phenoxy) is 3. The van der Waals surface area contributed by atoms with Crippen molar-refractivity contribution in [1.29, 1.82) is 0 Å². The summed E-state index contributed by atoms with van der Waals surface area (Å²) in [6, 6.07) is 20.2. The van der Waals surface area contributed by atoms with E-state index >= 15 is 17.7 Å². The molecule has 0 aliphatic rings. The minimum atomic E-state index is -5.27. The van der Waals surface area contributed by atoms with Gasteiger partial charge in [0.15, 0.2) is 16.3 Å². The summed E-state index contributed by atoms with van der Waals surface area (Å²) in [6.45, 7) is 3.34. The maximum absolute atomic E-state index is 16.2. The lowest BCUT2D eigenvalue weighted by atomic mass is 10.0. The van der Waals surface area contributed by atoms with Crippen molar-refractivity contribution < 1.29 is 45.5 Å². The van der Waals surface area contributed by atoms with Crippen LogP contribution >= 0.6 is 77.4 Å². The Balaban J connectivity index is 1.25. The maximum Gasteiger partial charge on any atom is 0.480 e. The lowest BCUT2D eigenvalue weighted by molar-refractivity contribution is 0.0560. The minimum absolute atomic E-state index is 0.0372. The summed E-state index contributed by atoms with van der Waals surface area (Å²) in [7, 11) is -5.27. The Morgan fingerprint density at radius 3 is 0.938 bits per heavy atom. The monoisotopic (exact) mass is 1230 g/mol. The molecule has 0 spiro atoms. The summed E-state index contributed by atoms with van der Waals surface area (Å²) in [4.78, 5) is 43.3. The Morgan fingerprint density at radius 2 is 0.688 bits per heavy atom. The smallest absolute Gasteiger partial charge is 0.480 e. The highest BCUT2D eigenvalue weighted by Gasteiger charge is 2.32. The van der Waals surface area contributed by atoms with E-state index in [4.69, 9.17) is 97.4 Å². The van der Waals surface area contributed by atoms with E-state index in [0.717, 1.165) is 18.2 Å². The number of halogens is 9. The van der Waals surface area contributed by atoms with E-state index in [2.05, 4.69) is 0 Å². The average Bonchev–Trinajstić information content (AvgIpc) is 3.63. The van der Waals surface area contributed by atoms with Crippen LogP contribution in [-0.2, 0) is 38.3 Å². The van der Waals surface area contributed by atoms with Gasteiger partial charge in [0.25, 0.3) is 0 Å². The van der Waals surface area contributed by atoms with Gasteiger partial charge in [0.2, 0.25) is 0 Å². The first-order valence-electron chi connectivity index (χ1n) is 24.7. The second-order valence-electron chi connectivity index (χ2n) is 18.0.